The highest BCUT2D eigenvalue weighted by Crippen LogP contribution is 2.23. The number of imidazole rings is 1. The molecule has 150 valence electrons. The first-order chi connectivity index (χ1) is 13.2. The zero-order valence-electron chi connectivity index (χ0n) is 14.7. The first-order valence-electron chi connectivity index (χ1n) is 8.07. The minimum atomic E-state index is -3.31. The van der Waals surface area contributed by atoms with Crippen molar-refractivity contribution in [3.8, 4) is 5.75 Å². The fourth-order valence-corrected chi connectivity index (χ4v) is 4.31. The zero-order chi connectivity index (χ0) is 20.3. The Labute approximate surface area is 185 Å². The third-order valence-electron chi connectivity index (χ3n) is 3.53. The van der Waals surface area contributed by atoms with Crippen LogP contribution >= 0.6 is 23.4 Å². The van der Waals surface area contributed by atoms with E-state index in [2.05, 4.69) is 14.7 Å². The molecule has 3 N–H and O–H groups in total. The number of benzene rings is 2. The van der Waals surface area contributed by atoms with Crippen LogP contribution in [-0.2, 0) is 10.0 Å². The Kier molecular flexibility index (Phi) is 6.97. The fraction of sp³-hybridized carbons (Fsp3) is 0.235. The number of halogens is 2. The number of hydrogen-bond acceptors (Lipinski definition) is 6. The van der Waals surface area contributed by atoms with Crippen molar-refractivity contribution in [2.24, 2.45) is 0 Å². The summed E-state index contributed by atoms with van der Waals surface area (Å²) in [4.78, 5) is 7.66. The summed E-state index contributed by atoms with van der Waals surface area (Å²) in [6, 6.07) is 10.2. The maximum absolute atomic E-state index is 11.2. The largest absolute Gasteiger partial charge is 0.491 e. The van der Waals surface area contributed by atoms with Gasteiger partial charge in [-0.15, -0.1) is 0 Å². The number of thioether (sulfide) groups is 1. The summed E-state index contributed by atoms with van der Waals surface area (Å²) in [5.74, 6) is 0.943. The number of sulfonamides is 1. The van der Waals surface area contributed by atoms with Crippen LogP contribution in [0.1, 0.15) is 0 Å². The Hall–Kier alpha value is -1.21. The molecule has 0 fully saturated rings. The number of aliphatic hydroxyl groups excluding tert-OH is 1. The number of fused-ring (bicyclic) bond motifs is 1. The number of H-pyrrole nitrogens is 1. The molecule has 28 heavy (non-hydrogen) atoms. The van der Waals surface area contributed by atoms with Gasteiger partial charge in [0.25, 0.3) is 22.6 Å². The van der Waals surface area contributed by atoms with Crippen LogP contribution in [0.4, 0.5) is 5.69 Å². The molecule has 1 atom stereocenters. The van der Waals surface area contributed by atoms with Gasteiger partial charge in [0.15, 0.2) is 5.16 Å². The van der Waals surface area contributed by atoms with Crippen molar-refractivity contribution in [1.82, 2.24) is 9.97 Å². The normalized spacial score (nSPS) is 12.9. The summed E-state index contributed by atoms with van der Waals surface area (Å²) in [5.41, 5.74) is 2.14. The predicted molar refractivity (Wildman–Crippen MR) is 108 cm³/mol. The van der Waals surface area contributed by atoms with E-state index in [0.29, 0.717) is 27.4 Å². The molecule has 0 spiro atoms. The van der Waals surface area contributed by atoms with Gasteiger partial charge >= 0.3 is 0 Å². The third-order valence-corrected chi connectivity index (χ3v) is 6.78. The van der Waals surface area contributed by atoms with Crippen LogP contribution in [0.3, 0.4) is 0 Å². The lowest BCUT2D eigenvalue weighted by atomic mass is 10.3. The van der Waals surface area contributed by atoms with E-state index in [-0.39, 0.29) is 6.61 Å². The molecule has 11 heteroatoms. The lowest BCUT2D eigenvalue weighted by Crippen LogP contribution is -3.34. The first-order valence-corrected chi connectivity index (χ1v) is 12.5. The summed E-state index contributed by atoms with van der Waals surface area (Å²) in [7, 11) is -3.31. The summed E-state index contributed by atoms with van der Waals surface area (Å²) < 4.78 is 31.3. The molecule has 0 unspecified atom stereocenters. The molecule has 0 saturated heterocycles. The van der Waals surface area contributed by atoms with E-state index >= 15 is 0 Å². The minimum Gasteiger partial charge on any atom is -0.491 e. The van der Waals surface area contributed by atoms with Gasteiger partial charge in [-0.3, -0.25) is 4.72 Å². The standard InChI is InChI=1S/C17H18ClIN3O4S2/c1-28(24,25)22-10-2-4-12(5-3-10)26-8-11(23)9-27-17-20-15-6-13(18)14(19)7-16(15)21-17/h2-7,11,19,22-23H,8-9H2,1H3,(H,20,21)/q+1/t11-/m0/s1. The molecule has 0 aliphatic rings. The molecule has 1 aromatic heterocycles. The Morgan fingerprint density at radius 3 is 2.75 bits per heavy atom. The number of ether oxygens (including phenoxy) is 1. The maximum atomic E-state index is 11.2. The van der Waals surface area contributed by atoms with Crippen LogP contribution < -0.4 is 32.0 Å². The molecular formula is C17H18ClIN3O4S2+. The quantitative estimate of drug-likeness (QED) is 0.258. The molecule has 0 aliphatic carbocycles. The van der Waals surface area contributed by atoms with Gasteiger partial charge in [0.2, 0.25) is 13.6 Å². The molecule has 0 bridgehead atoms. The van der Waals surface area contributed by atoms with E-state index in [1.807, 2.05) is 34.7 Å². The Morgan fingerprint density at radius 1 is 1.36 bits per heavy atom. The molecule has 2 aromatic carbocycles. The molecule has 0 amide bonds. The summed E-state index contributed by atoms with van der Waals surface area (Å²) >= 11 is 9.36. The second-order valence-corrected chi connectivity index (χ2v) is 10.4. The fourth-order valence-electron chi connectivity index (χ4n) is 2.31. The zero-order valence-corrected chi connectivity index (χ0v) is 19.4. The topological polar surface area (TPSA) is 104 Å². The van der Waals surface area contributed by atoms with Crippen molar-refractivity contribution in [3.05, 3.63) is 45.0 Å². The monoisotopic (exact) mass is 554 g/mol. The summed E-state index contributed by atoms with van der Waals surface area (Å²) in [6.07, 6.45) is 0.390. The van der Waals surface area contributed by atoms with Crippen molar-refractivity contribution < 1.29 is 40.9 Å². The molecule has 0 aliphatic heterocycles. The average Bonchev–Trinajstić information content (AvgIpc) is 3.00. The Balaban J connectivity index is 1.50. The number of nitrogens with zero attached hydrogens (tertiary/aromatic N) is 1. The van der Waals surface area contributed by atoms with E-state index < -0.39 is 16.1 Å². The van der Waals surface area contributed by atoms with Crippen LogP contribution in [0, 0.1) is 3.57 Å². The Morgan fingerprint density at radius 2 is 2.07 bits per heavy atom. The second kappa shape index (κ2) is 9.08. The smallest absolute Gasteiger partial charge is 0.298 e. The maximum Gasteiger partial charge on any atom is 0.298 e. The van der Waals surface area contributed by atoms with Crippen molar-refractivity contribution in [2.75, 3.05) is 23.3 Å². The van der Waals surface area contributed by atoms with Crippen LogP contribution in [0.25, 0.3) is 11.0 Å². The van der Waals surface area contributed by atoms with E-state index in [1.165, 1.54) is 11.8 Å². The van der Waals surface area contributed by atoms with Gasteiger partial charge in [-0.05, 0) is 30.3 Å². The highest BCUT2D eigenvalue weighted by atomic mass is 127. The van der Waals surface area contributed by atoms with Crippen molar-refractivity contribution >= 4 is 50.1 Å². The van der Waals surface area contributed by atoms with E-state index in [9.17, 15) is 13.5 Å². The predicted octanol–water partition coefficient (Wildman–Crippen LogP) is -0.425. The average molecular weight is 555 g/mol. The van der Waals surface area contributed by atoms with E-state index in [0.717, 1.165) is 20.9 Å². The summed E-state index contributed by atoms with van der Waals surface area (Å²) in [5, 5.41) is 11.5. The summed E-state index contributed by atoms with van der Waals surface area (Å²) in [6.45, 7) is 0.109. The molecule has 7 nitrogen and oxygen atoms in total. The van der Waals surface area contributed by atoms with Crippen molar-refractivity contribution in [2.45, 2.75) is 11.3 Å². The van der Waals surface area contributed by atoms with Crippen LogP contribution in [0.15, 0.2) is 41.6 Å². The SMILES string of the molecule is CS(=O)(=O)Nc1ccc(OC[C@H](O)CSc2nc3cc([IH+])c(Cl)cc3[nH]2)cc1. The number of anilines is 1. The molecule has 3 aromatic rings. The minimum absolute atomic E-state index is 0.109. The van der Waals surface area contributed by atoms with Gasteiger partial charge in [0, 0.05) is 17.5 Å². The molecule has 0 saturated carbocycles. The Bertz CT molecular complexity index is 1030. The highest BCUT2D eigenvalue weighted by molar-refractivity contribution is 7.99. The van der Waals surface area contributed by atoms with Crippen LogP contribution in [-0.4, -0.2) is 48.2 Å². The number of nitrogens with one attached hydrogen (secondary N) is 2. The van der Waals surface area contributed by atoms with Gasteiger partial charge < -0.3 is 14.8 Å². The van der Waals surface area contributed by atoms with Crippen LogP contribution in [0.5, 0.6) is 5.75 Å². The van der Waals surface area contributed by atoms with Gasteiger partial charge in [0.05, 0.1) is 28.4 Å². The number of aromatic nitrogens is 2. The van der Waals surface area contributed by atoms with Crippen LogP contribution in [0.2, 0.25) is 5.02 Å². The van der Waals surface area contributed by atoms with Gasteiger partial charge in [-0.25, -0.2) is 13.4 Å². The third kappa shape index (κ3) is 6.14. The van der Waals surface area contributed by atoms with Gasteiger partial charge in [-0.2, -0.15) is 0 Å². The van der Waals surface area contributed by atoms with E-state index in [1.54, 1.807) is 24.3 Å². The number of aromatic amines is 1. The van der Waals surface area contributed by atoms with Crippen molar-refractivity contribution in [3.63, 3.8) is 0 Å². The highest BCUT2D eigenvalue weighted by Gasteiger charge is 2.13. The lowest BCUT2D eigenvalue weighted by Gasteiger charge is -2.12. The number of rotatable bonds is 8. The van der Waals surface area contributed by atoms with Gasteiger partial charge in [-0.1, -0.05) is 23.4 Å². The van der Waals surface area contributed by atoms with E-state index in [4.69, 9.17) is 16.3 Å². The second-order valence-electron chi connectivity index (χ2n) is 6.02. The molecule has 0 radical (unpaired) electrons. The van der Waals surface area contributed by atoms with Crippen molar-refractivity contribution in [1.29, 1.82) is 0 Å². The molecule has 1 heterocycles. The lowest BCUT2D eigenvalue weighted by molar-refractivity contribution is -0.327. The number of hydrogen-bond donors (Lipinski definition) is 3. The molecular weight excluding hydrogens is 537 g/mol. The molecule has 3 rings (SSSR count). The van der Waals surface area contributed by atoms with Gasteiger partial charge in [0.1, 0.15) is 12.4 Å². The first kappa shape index (κ1) is 21.5. The number of aliphatic hydroxyl groups is 1.